The first kappa shape index (κ1) is 17.4. The number of rotatable bonds is 2. The summed E-state index contributed by atoms with van der Waals surface area (Å²) in [6.45, 7) is 0. The van der Waals surface area contributed by atoms with E-state index >= 15 is 0 Å². The van der Waals surface area contributed by atoms with Crippen molar-refractivity contribution in [3.8, 4) is 0 Å². The Morgan fingerprint density at radius 3 is 1.09 bits per heavy atom. The Hall–Kier alpha value is 0.354. The maximum atomic E-state index is 10.0. The topological polar surface area (TPSA) is 98.7 Å². The van der Waals surface area contributed by atoms with Crippen LogP contribution in [-0.4, -0.2) is 56.1 Å². The van der Waals surface area contributed by atoms with Gasteiger partial charge >= 0.3 is 56.1 Å². The van der Waals surface area contributed by atoms with Crippen molar-refractivity contribution in [2.75, 3.05) is 0 Å². The predicted molar refractivity (Wildman–Crippen MR) is 23.0 cm³/mol. The number of halogens is 2. The summed E-state index contributed by atoms with van der Waals surface area (Å²) in [5.74, 6) is 0. The summed E-state index contributed by atoms with van der Waals surface area (Å²) < 4.78 is 42.2. The van der Waals surface area contributed by atoms with Crippen LogP contribution in [0, 0.1) is 0 Å². The van der Waals surface area contributed by atoms with Crippen LogP contribution in [0.2, 0.25) is 0 Å². The molecule has 0 aliphatic heterocycles. The average molecular weight is 230 g/mol. The van der Waals surface area contributed by atoms with Crippen molar-refractivity contribution in [3.05, 3.63) is 0 Å². The predicted octanol–water partition coefficient (Wildman–Crippen LogP) is -3.05. The zero-order chi connectivity index (χ0) is 8.57. The van der Waals surface area contributed by atoms with E-state index in [1.165, 1.54) is 0 Å². The molecule has 0 amide bonds. The van der Waals surface area contributed by atoms with Crippen molar-refractivity contribution in [2.45, 2.75) is 0 Å². The van der Waals surface area contributed by atoms with Gasteiger partial charge in [0, 0.05) is 0 Å². The molecule has 0 heterocycles. The van der Waals surface area contributed by atoms with Crippen LogP contribution >= 0.6 is 0 Å². The van der Waals surface area contributed by atoms with Gasteiger partial charge < -0.3 is 27.8 Å². The summed E-state index contributed by atoms with van der Waals surface area (Å²) in [4.78, 5) is 17.7. The van der Waals surface area contributed by atoms with Gasteiger partial charge in [-0.15, -0.1) is 0 Å². The normalized spacial score (nSPS) is 6.00. The average Bonchev–Trinajstić information content (AvgIpc) is 1.89. The van der Waals surface area contributed by atoms with Gasteiger partial charge in [0.15, 0.2) is 0 Å². The van der Waals surface area contributed by atoms with E-state index in [-0.39, 0.29) is 37.7 Å². The van der Waals surface area contributed by atoms with Gasteiger partial charge in [-0.3, -0.25) is 0 Å². The van der Waals surface area contributed by atoms with Crippen LogP contribution in [0.3, 0.4) is 0 Å². The van der Waals surface area contributed by atoms with Gasteiger partial charge in [-0.1, -0.05) is 9.05 Å². The summed E-state index contributed by atoms with van der Waals surface area (Å²) in [7, 11) is -7.08. The van der Waals surface area contributed by atoms with E-state index in [0.717, 1.165) is 0 Å². The van der Waals surface area contributed by atoms with Crippen LogP contribution in [0.1, 0.15) is 0 Å². The van der Waals surface area contributed by atoms with Crippen molar-refractivity contribution >= 4 is 56.1 Å². The van der Waals surface area contributed by atoms with E-state index in [2.05, 4.69) is 9.26 Å². The SMILES string of the molecule is O=[Si]([O-])OF.O=[Si]([O-])OF.[Ca+2]. The number of hydrogen-bond acceptors (Lipinski definition) is 6. The molecule has 0 aliphatic rings. The Labute approximate surface area is 92.3 Å². The molecule has 0 saturated heterocycles. The van der Waals surface area contributed by atoms with E-state index < -0.39 is 18.3 Å². The zero-order valence-electron chi connectivity index (χ0n) is 4.91. The molecule has 0 aliphatic carbocycles. The van der Waals surface area contributed by atoms with E-state index in [4.69, 9.17) is 18.5 Å². The standard InChI is InChI=1S/Ca.2FO3Si/c;2*1-4-5(2)3/q+2;2*-1. The van der Waals surface area contributed by atoms with E-state index in [0.29, 0.717) is 0 Å². The monoisotopic (exact) mass is 230 g/mol. The molecule has 0 atom stereocenters. The van der Waals surface area contributed by atoms with E-state index in [9.17, 15) is 9.05 Å². The van der Waals surface area contributed by atoms with Gasteiger partial charge in [0.25, 0.3) is 0 Å². The first-order valence-electron chi connectivity index (χ1n) is 1.53. The minimum absolute atomic E-state index is 0. The Morgan fingerprint density at radius 2 is 1.09 bits per heavy atom. The minimum Gasteiger partial charge on any atom is -0.478 e. The Balaban J connectivity index is -0.000000107. The molecule has 11 heavy (non-hydrogen) atoms. The van der Waals surface area contributed by atoms with E-state index in [1.807, 2.05) is 0 Å². The van der Waals surface area contributed by atoms with Gasteiger partial charge in [0.1, 0.15) is 0 Å². The second-order valence-corrected chi connectivity index (χ2v) is 1.96. The third kappa shape index (κ3) is 38.1. The number of hydrogen-bond donors (Lipinski definition) is 0. The summed E-state index contributed by atoms with van der Waals surface area (Å²) in [6.07, 6.45) is 0. The summed E-state index contributed by atoms with van der Waals surface area (Å²) in [6, 6.07) is 0. The van der Waals surface area contributed by atoms with Crippen molar-refractivity contribution < 1.29 is 36.8 Å². The van der Waals surface area contributed by atoms with Crippen molar-refractivity contribution in [2.24, 2.45) is 0 Å². The molecule has 0 fully saturated rings. The molecule has 0 spiro atoms. The first-order valence-corrected chi connectivity index (χ1v) is 3.98. The molecule has 0 aromatic rings. The van der Waals surface area contributed by atoms with Crippen LogP contribution in [0.4, 0.5) is 9.05 Å². The van der Waals surface area contributed by atoms with Crippen molar-refractivity contribution in [1.82, 2.24) is 0 Å². The fraction of sp³-hybridized carbons (Fsp3) is 0. The van der Waals surface area contributed by atoms with Gasteiger partial charge in [-0.2, -0.15) is 0 Å². The fourth-order valence-electron chi connectivity index (χ4n) is 0. The minimum atomic E-state index is -3.54. The third-order valence-electron chi connectivity index (χ3n) is 0.126. The third-order valence-corrected chi connectivity index (χ3v) is 0.378. The summed E-state index contributed by atoms with van der Waals surface area (Å²) in [5, 5.41) is 0. The molecule has 11 heteroatoms. The van der Waals surface area contributed by atoms with Gasteiger partial charge in [0.2, 0.25) is 0 Å². The van der Waals surface area contributed by atoms with Gasteiger partial charge in [-0.05, 0) is 0 Å². The van der Waals surface area contributed by atoms with Crippen LogP contribution in [0.15, 0.2) is 0 Å². The van der Waals surface area contributed by atoms with Crippen molar-refractivity contribution in [1.29, 1.82) is 0 Å². The molecule has 0 radical (unpaired) electrons. The maximum Gasteiger partial charge on any atom is 2.00 e. The quantitative estimate of drug-likeness (QED) is 0.467. The summed E-state index contributed by atoms with van der Waals surface area (Å²) in [5.41, 5.74) is 0. The zero-order valence-corrected chi connectivity index (χ0v) is 9.12. The molecule has 0 aromatic heterocycles. The Bertz CT molecular complexity index is 103. The Morgan fingerprint density at radius 1 is 1.00 bits per heavy atom. The second kappa shape index (κ2) is 13.0. The molecule has 0 saturated carbocycles. The van der Waals surface area contributed by atoms with Crippen LogP contribution in [-0.2, 0) is 18.2 Å². The molecule has 6 nitrogen and oxygen atoms in total. The van der Waals surface area contributed by atoms with Gasteiger partial charge in [-0.25, -0.2) is 0 Å². The van der Waals surface area contributed by atoms with Crippen molar-refractivity contribution in [3.63, 3.8) is 0 Å². The Kier molecular flexibility index (Phi) is 20.6. The largest absolute Gasteiger partial charge is 2.00 e. The smallest absolute Gasteiger partial charge is 0.478 e. The molecule has 0 aromatic carbocycles. The van der Waals surface area contributed by atoms with Crippen LogP contribution in [0.5, 0.6) is 0 Å². The molecule has 0 rings (SSSR count). The molecular weight excluding hydrogens is 230 g/mol. The van der Waals surface area contributed by atoms with E-state index in [1.54, 1.807) is 0 Å². The fourth-order valence-corrected chi connectivity index (χ4v) is 0. The molecule has 0 N–H and O–H groups in total. The van der Waals surface area contributed by atoms with Gasteiger partial charge in [0.05, 0.1) is 0 Å². The molecule has 0 unspecified atom stereocenters. The van der Waals surface area contributed by atoms with Crippen LogP contribution in [0.25, 0.3) is 0 Å². The maximum absolute atomic E-state index is 10.0. The molecule has 60 valence electrons. The first-order chi connectivity index (χ1) is 4.54. The van der Waals surface area contributed by atoms with Crippen LogP contribution < -0.4 is 9.59 Å². The molecule has 0 bridgehead atoms. The second-order valence-electron chi connectivity index (χ2n) is 0.654. The summed E-state index contributed by atoms with van der Waals surface area (Å²) >= 11 is 0. The molecular formula is CaF2O6Si2.